The normalized spacial score (nSPS) is 37.1. The second-order valence-corrected chi connectivity index (χ2v) is 6.40. The molecule has 3 nitrogen and oxygen atoms in total. The maximum absolute atomic E-state index is 14.8. The predicted molar refractivity (Wildman–Crippen MR) is 72.0 cm³/mol. The molecule has 3 fully saturated rings. The van der Waals surface area contributed by atoms with Crippen molar-refractivity contribution in [1.29, 1.82) is 0 Å². The van der Waals surface area contributed by atoms with Gasteiger partial charge >= 0.3 is 0 Å². The van der Waals surface area contributed by atoms with Crippen molar-refractivity contribution in [2.75, 3.05) is 26.4 Å². The highest BCUT2D eigenvalue weighted by Gasteiger charge is 2.43. The number of hydrogen-bond donors (Lipinski definition) is 1. The minimum atomic E-state index is -0.705. The number of nitrogens with one attached hydrogen (secondary N) is 1. The Morgan fingerprint density at radius 1 is 1.11 bits per heavy atom. The molecule has 0 radical (unpaired) electrons. The molecular weight excluding hydrogens is 245 g/mol. The van der Waals surface area contributed by atoms with Crippen molar-refractivity contribution in [3.63, 3.8) is 0 Å². The molecule has 4 heteroatoms. The molecule has 19 heavy (non-hydrogen) atoms. The molecule has 3 heterocycles. The van der Waals surface area contributed by atoms with Crippen LogP contribution in [0.15, 0.2) is 0 Å². The molecule has 0 aromatic carbocycles. The van der Waals surface area contributed by atoms with Crippen LogP contribution in [0.2, 0.25) is 0 Å². The first-order chi connectivity index (χ1) is 9.29. The molecule has 0 bridgehead atoms. The van der Waals surface area contributed by atoms with Crippen LogP contribution < -0.4 is 5.32 Å². The Bertz CT molecular complexity index is 282. The van der Waals surface area contributed by atoms with E-state index in [0.717, 1.165) is 58.5 Å². The van der Waals surface area contributed by atoms with Crippen LogP contribution >= 0.6 is 0 Å². The van der Waals surface area contributed by atoms with Crippen molar-refractivity contribution in [3.05, 3.63) is 0 Å². The summed E-state index contributed by atoms with van der Waals surface area (Å²) >= 11 is 0. The first kappa shape index (κ1) is 13.8. The molecule has 3 atom stereocenters. The number of rotatable bonds is 2. The standard InChI is InChI=1S/C15H26FNO2/c16-14(13-3-1-2-7-17-13)12-4-8-19-15(11-12)5-9-18-10-6-15/h12-14,17H,1-11H2. The number of hydrogen-bond acceptors (Lipinski definition) is 3. The van der Waals surface area contributed by atoms with E-state index in [4.69, 9.17) is 9.47 Å². The molecule has 110 valence electrons. The smallest absolute Gasteiger partial charge is 0.118 e. The molecule has 0 aromatic heterocycles. The number of piperidine rings is 1. The average Bonchev–Trinajstić information content (AvgIpc) is 2.48. The van der Waals surface area contributed by atoms with Gasteiger partial charge in [0.2, 0.25) is 0 Å². The van der Waals surface area contributed by atoms with Crippen molar-refractivity contribution < 1.29 is 13.9 Å². The summed E-state index contributed by atoms with van der Waals surface area (Å²) in [6.07, 6.45) is 6.29. The largest absolute Gasteiger partial charge is 0.381 e. The summed E-state index contributed by atoms with van der Waals surface area (Å²) in [5.74, 6) is 0.169. The first-order valence-electron chi connectivity index (χ1n) is 7.88. The van der Waals surface area contributed by atoms with E-state index in [-0.39, 0.29) is 17.6 Å². The van der Waals surface area contributed by atoms with Gasteiger partial charge in [-0.2, -0.15) is 0 Å². The van der Waals surface area contributed by atoms with Gasteiger partial charge in [-0.15, -0.1) is 0 Å². The Kier molecular flexibility index (Phi) is 4.40. The van der Waals surface area contributed by atoms with Crippen LogP contribution in [-0.2, 0) is 9.47 Å². The molecule has 0 amide bonds. The molecule has 0 saturated carbocycles. The van der Waals surface area contributed by atoms with Gasteiger partial charge < -0.3 is 14.8 Å². The number of alkyl halides is 1. The summed E-state index contributed by atoms with van der Waals surface area (Å²) in [5.41, 5.74) is -0.0832. The summed E-state index contributed by atoms with van der Waals surface area (Å²) < 4.78 is 26.2. The molecule has 1 N–H and O–H groups in total. The third kappa shape index (κ3) is 3.11. The lowest BCUT2D eigenvalue weighted by Gasteiger charge is -2.45. The van der Waals surface area contributed by atoms with Crippen molar-refractivity contribution in [3.8, 4) is 0 Å². The van der Waals surface area contributed by atoms with Crippen LogP contribution in [0.3, 0.4) is 0 Å². The third-order valence-electron chi connectivity index (χ3n) is 5.12. The molecule has 3 saturated heterocycles. The fraction of sp³-hybridized carbons (Fsp3) is 1.00. The lowest BCUT2D eigenvalue weighted by Crippen LogP contribution is -2.50. The highest BCUT2D eigenvalue weighted by molar-refractivity contribution is 4.94. The average molecular weight is 271 g/mol. The Balaban J connectivity index is 1.60. The molecule has 3 rings (SSSR count). The SMILES string of the molecule is FC(C1CCOC2(CCOCC2)C1)C1CCCCN1. The van der Waals surface area contributed by atoms with Gasteiger partial charge in [-0.25, -0.2) is 4.39 Å². The summed E-state index contributed by atoms with van der Waals surface area (Å²) in [4.78, 5) is 0. The Labute approximate surface area is 115 Å². The van der Waals surface area contributed by atoms with Crippen LogP contribution in [0.1, 0.15) is 44.9 Å². The van der Waals surface area contributed by atoms with Gasteiger partial charge in [-0.1, -0.05) is 6.42 Å². The zero-order valence-corrected chi connectivity index (χ0v) is 11.7. The minimum absolute atomic E-state index is 0.0775. The Morgan fingerprint density at radius 3 is 2.68 bits per heavy atom. The Morgan fingerprint density at radius 2 is 1.95 bits per heavy atom. The lowest BCUT2D eigenvalue weighted by atomic mass is 9.77. The van der Waals surface area contributed by atoms with Crippen LogP contribution in [0.4, 0.5) is 4.39 Å². The zero-order valence-electron chi connectivity index (χ0n) is 11.7. The van der Waals surface area contributed by atoms with E-state index in [2.05, 4.69) is 5.32 Å². The van der Waals surface area contributed by atoms with Gasteiger partial charge in [-0.3, -0.25) is 0 Å². The summed E-state index contributed by atoms with van der Waals surface area (Å²) in [5, 5.41) is 3.37. The van der Waals surface area contributed by atoms with Crippen LogP contribution in [0.5, 0.6) is 0 Å². The van der Waals surface area contributed by atoms with Crippen molar-refractivity contribution in [1.82, 2.24) is 5.32 Å². The van der Waals surface area contributed by atoms with Crippen molar-refractivity contribution in [2.24, 2.45) is 5.92 Å². The van der Waals surface area contributed by atoms with E-state index in [1.54, 1.807) is 0 Å². The van der Waals surface area contributed by atoms with Gasteiger partial charge in [-0.05, 0) is 51.0 Å². The molecule has 0 aromatic rings. The molecular formula is C15H26FNO2. The topological polar surface area (TPSA) is 30.5 Å². The van der Waals surface area contributed by atoms with Crippen molar-refractivity contribution >= 4 is 0 Å². The highest BCUT2D eigenvalue weighted by atomic mass is 19.1. The van der Waals surface area contributed by atoms with E-state index >= 15 is 0 Å². The maximum atomic E-state index is 14.8. The number of halogens is 1. The van der Waals surface area contributed by atoms with E-state index in [1.165, 1.54) is 12.8 Å². The fourth-order valence-electron chi connectivity index (χ4n) is 3.91. The lowest BCUT2D eigenvalue weighted by molar-refractivity contribution is -0.155. The highest BCUT2D eigenvalue weighted by Crippen LogP contribution is 2.40. The Hall–Kier alpha value is -0.190. The molecule has 3 aliphatic rings. The summed E-state index contributed by atoms with van der Waals surface area (Å²) in [6, 6.07) is 0.0775. The summed E-state index contributed by atoms with van der Waals surface area (Å²) in [6.45, 7) is 3.24. The molecule has 3 aliphatic heterocycles. The monoisotopic (exact) mass is 271 g/mol. The maximum Gasteiger partial charge on any atom is 0.118 e. The van der Waals surface area contributed by atoms with Crippen LogP contribution in [0, 0.1) is 5.92 Å². The van der Waals surface area contributed by atoms with Crippen molar-refractivity contribution in [2.45, 2.75) is 62.8 Å². The fourth-order valence-corrected chi connectivity index (χ4v) is 3.91. The molecule has 1 spiro atoms. The summed E-state index contributed by atoms with van der Waals surface area (Å²) in [7, 11) is 0. The van der Waals surface area contributed by atoms with Crippen LogP contribution in [0.25, 0.3) is 0 Å². The van der Waals surface area contributed by atoms with E-state index < -0.39 is 6.17 Å². The van der Waals surface area contributed by atoms with Gasteiger partial charge in [0.05, 0.1) is 5.60 Å². The van der Waals surface area contributed by atoms with E-state index in [9.17, 15) is 4.39 Å². The minimum Gasteiger partial charge on any atom is -0.381 e. The van der Waals surface area contributed by atoms with Gasteiger partial charge in [0, 0.05) is 25.9 Å². The second kappa shape index (κ2) is 6.06. The quantitative estimate of drug-likeness (QED) is 0.837. The predicted octanol–water partition coefficient (Wildman–Crippen LogP) is 2.44. The van der Waals surface area contributed by atoms with Gasteiger partial charge in [0.25, 0.3) is 0 Å². The van der Waals surface area contributed by atoms with Crippen LogP contribution in [-0.4, -0.2) is 44.2 Å². The zero-order chi connectivity index (χ0) is 13.1. The van der Waals surface area contributed by atoms with E-state index in [0.29, 0.717) is 0 Å². The van der Waals surface area contributed by atoms with Gasteiger partial charge in [0.1, 0.15) is 6.17 Å². The second-order valence-electron chi connectivity index (χ2n) is 6.40. The van der Waals surface area contributed by atoms with Gasteiger partial charge in [0.15, 0.2) is 0 Å². The first-order valence-corrected chi connectivity index (χ1v) is 7.88. The molecule has 0 aliphatic carbocycles. The third-order valence-corrected chi connectivity index (χ3v) is 5.12. The number of ether oxygens (including phenoxy) is 2. The molecule has 3 unspecified atom stereocenters. The van der Waals surface area contributed by atoms with E-state index in [1.807, 2.05) is 0 Å².